The van der Waals surface area contributed by atoms with Gasteiger partial charge in [-0.2, -0.15) is 4.31 Å². The van der Waals surface area contributed by atoms with Gasteiger partial charge in [0.15, 0.2) is 0 Å². The normalized spacial score (nSPS) is 17.4. The quantitative estimate of drug-likeness (QED) is 0.516. The fourth-order valence-corrected chi connectivity index (χ4v) is 6.34. The summed E-state index contributed by atoms with van der Waals surface area (Å²) in [6, 6.07) is 13.3. The van der Waals surface area contributed by atoms with Crippen LogP contribution in [0.4, 0.5) is 5.69 Å². The molecule has 1 aromatic heterocycles. The number of likely N-dealkylation sites (N-methyl/N-ethyl adjacent to an activating group) is 1. The average Bonchev–Trinajstić information content (AvgIpc) is 3.31. The monoisotopic (exact) mass is 521 g/mol. The molecule has 37 heavy (non-hydrogen) atoms. The third kappa shape index (κ3) is 4.26. The van der Waals surface area contributed by atoms with E-state index in [0.717, 1.165) is 22.6 Å². The van der Waals surface area contributed by atoms with Gasteiger partial charge < -0.3 is 19.3 Å². The first-order valence-electron chi connectivity index (χ1n) is 11.8. The van der Waals surface area contributed by atoms with E-state index < -0.39 is 16.0 Å². The third-order valence-electron chi connectivity index (χ3n) is 6.90. The Morgan fingerprint density at radius 3 is 2.35 bits per heavy atom. The number of anilines is 1. The van der Waals surface area contributed by atoms with Gasteiger partial charge in [-0.25, -0.2) is 13.2 Å². The van der Waals surface area contributed by atoms with Crippen molar-refractivity contribution in [2.45, 2.75) is 18.7 Å². The molecule has 3 aromatic rings. The molecule has 2 aliphatic rings. The molecule has 3 heterocycles. The molecule has 2 aromatic carbocycles. The van der Waals surface area contributed by atoms with Crippen LogP contribution in [0, 0.1) is 13.8 Å². The Hall–Kier alpha value is -3.73. The highest BCUT2D eigenvalue weighted by molar-refractivity contribution is 7.89. The van der Waals surface area contributed by atoms with Gasteiger partial charge in [0, 0.05) is 48.3 Å². The van der Waals surface area contributed by atoms with Crippen LogP contribution in [0.25, 0.3) is 17.3 Å². The number of carboxylic acid groups (broad SMARTS) is 1. The highest BCUT2D eigenvalue weighted by Crippen LogP contribution is 2.39. The van der Waals surface area contributed by atoms with E-state index >= 15 is 0 Å². The first kappa shape index (κ1) is 24.9. The lowest BCUT2D eigenvalue weighted by atomic mass is 10.0. The number of amides is 1. The van der Waals surface area contributed by atoms with E-state index in [2.05, 4.69) is 0 Å². The Balaban J connectivity index is 1.56. The molecular weight excluding hydrogens is 494 g/mol. The maximum Gasteiger partial charge on any atom is 0.335 e. The zero-order valence-electron chi connectivity index (χ0n) is 20.8. The van der Waals surface area contributed by atoms with Gasteiger partial charge in [0.25, 0.3) is 5.91 Å². The lowest BCUT2D eigenvalue weighted by Crippen LogP contribution is -2.40. The minimum absolute atomic E-state index is 0.145. The molecule has 0 atom stereocenters. The zero-order valence-corrected chi connectivity index (χ0v) is 21.6. The number of fused-ring (bicyclic) bond motifs is 1. The van der Waals surface area contributed by atoms with E-state index in [4.69, 9.17) is 4.74 Å². The molecule has 10 heteroatoms. The van der Waals surface area contributed by atoms with Gasteiger partial charge in [0.05, 0.1) is 29.4 Å². The molecule has 0 spiro atoms. The highest BCUT2D eigenvalue weighted by atomic mass is 32.2. The third-order valence-corrected chi connectivity index (χ3v) is 8.80. The lowest BCUT2D eigenvalue weighted by Gasteiger charge is -2.26. The maximum absolute atomic E-state index is 13.3. The Morgan fingerprint density at radius 1 is 1.03 bits per heavy atom. The minimum atomic E-state index is -3.72. The number of rotatable bonds is 5. The number of aromatic nitrogens is 1. The molecule has 1 N–H and O–H groups in total. The van der Waals surface area contributed by atoms with Crippen molar-refractivity contribution in [3.63, 3.8) is 0 Å². The molecular formula is C27H27N3O6S. The summed E-state index contributed by atoms with van der Waals surface area (Å²) >= 11 is 0. The van der Waals surface area contributed by atoms with Crippen LogP contribution in [0.1, 0.15) is 32.9 Å². The summed E-state index contributed by atoms with van der Waals surface area (Å²) in [6.07, 6.45) is 1.79. The van der Waals surface area contributed by atoms with Crippen LogP contribution in [0.2, 0.25) is 0 Å². The van der Waals surface area contributed by atoms with Crippen molar-refractivity contribution in [1.29, 1.82) is 0 Å². The predicted octanol–water partition coefficient (Wildman–Crippen LogP) is 3.33. The van der Waals surface area contributed by atoms with Crippen molar-refractivity contribution < 1.29 is 27.9 Å². The van der Waals surface area contributed by atoms with Crippen LogP contribution >= 0.6 is 0 Å². The Labute approximate surface area is 215 Å². The SMILES string of the molecule is Cc1cc(/C=C2/C(=O)N(C)c3ccc(S(=O)(=O)N4CCOCC4)cc32)c(C)n1-c1ccc(C(=O)O)cc1. The smallest absolute Gasteiger partial charge is 0.335 e. The van der Waals surface area contributed by atoms with Gasteiger partial charge in [-0.15, -0.1) is 0 Å². The van der Waals surface area contributed by atoms with Crippen LogP contribution in [0.5, 0.6) is 0 Å². The van der Waals surface area contributed by atoms with Crippen LogP contribution in [-0.4, -0.2) is 67.6 Å². The minimum Gasteiger partial charge on any atom is -0.478 e. The Morgan fingerprint density at radius 2 is 1.70 bits per heavy atom. The standard InChI is InChI=1S/C27H27N3O6S/c1-17-14-20(18(2)30(17)21-6-4-19(5-7-21)27(32)33)15-24-23-16-22(8-9-25(23)28(3)26(24)31)37(34,35)29-10-12-36-13-11-29/h4-9,14-16H,10-13H2,1-3H3,(H,32,33)/b24-15+. The van der Waals surface area contributed by atoms with Gasteiger partial charge in [0.1, 0.15) is 0 Å². The Kier molecular flexibility index (Phi) is 6.26. The summed E-state index contributed by atoms with van der Waals surface area (Å²) in [5.41, 5.74) is 5.23. The number of nitrogens with zero attached hydrogens (tertiary/aromatic N) is 3. The summed E-state index contributed by atoms with van der Waals surface area (Å²) in [4.78, 5) is 26.1. The molecule has 192 valence electrons. The number of aromatic carboxylic acids is 1. The molecule has 0 radical (unpaired) electrons. The molecule has 9 nitrogen and oxygen atoms in total. The van der Waals surface area contributed by atoms with Crippen molar-refractivity contribution in [2.24, 2.45) is 0 Å². The second-order valence-electron chi connectivity index (χ2n) is 9.13. The van der Waals surface area contributed by atoms with Crippen molar-refractivity contribution in [1.82, 2.24) is 8.87 Å². The molecule has 1 fully saturated rings. The number of carboxylic acids is 1. The van der Waals surface area contributed by atoms with Crippen LogP contribution in [0.15, 0.2) is 53.4 Å². The summed E-state index contributed by atoms with van der Waals surface area (Å²) in [7, 11) is -2.05. The molecule has 1 saturated heterocycles. The molecule has 1 amide bonds. The van der Waals surface area contributed by atoms with Crippen LogP contribution in [0.3, 0.4) is 0 Å². The molecule has 0 bridgehead atoms. The van der Waals surface area contributed by atoms with E-state index in [9.17, 15) is 23.1 Å². The number of benzene rings is 2. The molecule has 0 unspecified atom stereocenters. The van der Waals surface area contributed by atoms with Crippen molar-refractivity contribution in [3.8, 4) is 5.69 Å². The second-order valence-corrected chi connectivity index (χ2v) is 11.1. The number of sulfonamides is 1. The number of hydrogen-bond acceptors (Lipinski definition) is 5. The molecule has 0 aliphatic carbocycles. The fraction of sp³-hybridized carbons (Fsp3) is 0.259. The number of carbonyl (C=O) groups excluding carboxylic acids is 1. The second kappa shape index (κ2) is 9.29. The summed E-state index contributed by atoms with van der Waals surface area (Å²) in [6.45, 7) is 5.15. The molecule has 0 saturated carbocycles. The van der Waals surface area contributed by atoms with Gasteiger partial charge in [-0.3, -0.25) is 4.79 Å². The van der Waals surface area contributed by atoms with Gasteiger partial charge >= 0.3 is 5.97 Å². The van der Waals surface area contributed by atoms with Crippen LogP contribution < -0.4 is 4.90 Å². The van der Waals surface area contributed by atoms with Gasteiger partial charge in [-0.1, -0.05) is 0 Å². The summed E-state index contributed by atoms with van der Waals surface area (Å²) in [5, 5.41) is 9.19. The topological polar surface area (TPSA) is 109 Å². The van der Waals surface area contributed by atoms with E-state index in [1.165, 1.54) is 9.21 Å². The number of aryl methyl sites for hydroxylation is 1. The van der Waals surface area contributed by atoms with E-state index in [0.29, 0.717) is 43.1 Å². The number of carbonyl (C=O) groups is 2. The first-order chi connectivity index (χ1) is 17.6. The van der Waals surface area contributed by atoms with Gasteiger partial charge in [0.2, 0.25) is 10.0 Å². The highest BCUT2D eigenvalue weighted by Gasteiger charge is 2.33. The van der Waals surface area contributed by atoms with Crippen molar-refractivity contribution in [3.05, 3.63) is 76.6 Å². The maximum atomic E-state index is 13.3. The van der Waals surface area contributed by atoms with Crippen molar-refractivity contribution >= 4 is 39.2 Å². The summed E-state index contributed by atoms with van der Waals surface area (Å²) in [5.74, 6) is -1.21. The number of morpholine rings is 1. The van der Waals surface area contributed by atoms with E-state index in [-0.39, 0.29) is 16.4 Å². The molecule has 5 rings (SSSR count). The summed E-state index contributed by atoms with van der Waals surface area (Å²) < 4.78 is 35.2. The number of ether oxygens (including phenoxy) is 1. The lowest BCUT2D eigenvalue weighted by molar-refractivity contribution is -0.112. The number of hydrogen-bond donors (Lipinski definition) is 1. The van der Waals surface area contributed by atoms with Crippen molar-refractivity contribution in [2.75, 3.05) is 38.3 Å². The van der Waals surface area contributed by atoms with Gasteiger partial charge in [-0.05, 0) is 74.0 Å². The van der Waals surface area contributed by atoms with Crippen LogP contribution in [-0.2, 0) is 19.6 Å². The zero-order chi connectivity index (χ0) is 26.5. The van der Waals surface area contributed by atoms with E-state index in [1.807, 2.05) is 24.5 Å². The Bertz CT molecular complexity index is 1550. The fourth-order valence-electron chi connectivity index (χ4n) is 4.90. The molecule has 2 aliphatic heterocycles. The van der Waals surface area contributed by atoms with E-state index in [1.54, 1.807) is 55.6 Å². The average molecular weight is 522 g/mol. The first-order valence-corrected chi connectivity index (χ1v) is 13.3. The predicted molar refractivity (Wildman–Crippen MR) is 140 cm³/mol. The largest absolute Gasteiger partial charge is 0.478 e.